The van der Waals surface area contributed by atoms with E-state index in [1.807, 2.05) is 40.1 Å². The van der Waals surface area contributed by atoms with E-state index in [1.165, 1.54) is 4.68 Å². The van der Waals surface area contributed by atoms with Gasteiger partial charge in [-0.2, -0.15) is 9.78 Å². The third-order valence-electron chi connectivity index (χ3n) is 5.24. The lowest BCUT2D eigenvalue weighted by Gasteiger charge is -2.37. The molecule has 2 saturated heterocycles. The number of benzene rings is 1. The highest BCUT2D eigenvalue weighted by atomic mass is 35.5. The molecule has 2 fully saturated rings. The number of halogens is 1. The Labute approximate surface area is 162 Å². The van der Waals surface area contributed by atoms with E-state index in [2.05, 4.69) is 10.4 Å². The van der Waals surface area contributed by atoms with Crippen molar-refractivity contribution in [3.63, 3.8) is 0 Å². The van der Waals surface area contributed by atoms with Crippen molar-refractivity contribution in [2.24, 2.45) is 5.92 Å². The maximum absolute atomic E-state index is 12.6. The molecule has 142 valence electrons. The molecule has 2 aromatic rings. The Kier molecular flexibility index (Phi) is 5.13. The Morgan fingerprint density at radius 3 is 2.56 bits per heavy atom. The lowest BCUT2D eigenvalue weighted by molar-refractivity contribution is -0.135. The summed E-state index contributed by atoms with van der Waals surface area (Å²) in [6, 6.07) is 9.20. The van der Waals surface area contributed by atoms with E-state index < -0.39 is 0 Å². The summed E-state index contributed by atoms with van der Waals surface area (Å²) in [5, 5.41) is 7.69. The van der Waals surface area contributed by atoms with Gasteiger partial charge in [-0.05, 0) is 25.1 Å². The molecular formula is C19H22ClN5O2. The van der Waals surface area contributed by atoms with E-state index in [0.717, 1.165) is 19.5 Å². The molecule has 1 N–H and O–H groups in total. The van der Waals surface area contributed by atoms with E-state index >= 15 is 0 Å². The number of carbonyl (C=O) groups is 1. The van der Waals surface area contributed by atoms with Crippen LogP contribution in [0.2, 0.25) is 5.02 Å². The number of aromatic nitrogens is 2. The standard InChI is InChI=1S/C19H22ClN5O2/c20-17-16(13-22-25(19(17)27)15-4-2-1-3-5-15)23-8-10-24(11-9-23)18(26)14-6-7-21-12-14/h1-5,13-14,21H,6-12H2. The number of carbonyl (C=O) groups excluding carboxylic acids is 1. The largest absolute Gasteiger partial charge is 0.365 e. The predicted molar refractivity (Wildman–Crippen MR) is 105 cm³/mol. The van der Waals surface area contributed by atoms with Crippen LogP contribution < -0.4 is 15.8 Å². The Morgan fingerprint density at radius 1 is 1.15 bits per heavy atom. The van der Waals surface area contributed by atoms with Crippen LogP contribution >= 0.6 is 11.6 Å². The molecular weight excluding hydrogens is 366 g/mol. The van der Waals surface area contributed by atoms with Crippen LogP contribution in [0.15, 0.2) is 41.3 Å². The smallest absolute Gasteiger partial charge is 0.292 e. The number of hydrogen-bond acceptors (Lipinski definition) is 5. The van der Waals surface area contributed by atoms with E-state index in [9.17, 15) is 9.59 Å². The molecule has 7 nitrogen and oxygen atoms in total. The molecule has 3 heterocycles. The highest BCUT2D eigenvalue weighted by molar-refractivity contribution is 6.33. The summed E-state index contributed by atoms with van der Waals surface area (Å²) < 4.78 is 1.30. The molecule has 1 aromatic heterocycles. The minimum atomic E-state index is -0.337. The van der Waals surface area contributed by atoms with Crippen molar-refractivity contribution in [2.75, 3.05) is 44.2 Å². The van der Waals surface area contributed by atoms with Crippen molar-refractivity contribution in [2.45, 2.75) is 6.42 Å². The monoisotopic (exact) mass is 387 g/mol. The molecule has 0 spiro atoms. The third-order valence-corrected chi connectivity index (χ3v) is 5.60. The van der Waals surface area contributed by atoms with Gasteiger partial charge < -0.3 is 15.1 Å². The van der Waals surface area contributed by atoms with Crippen molar-refractivity contribution >= 4 is 23.2 Å². The van der Waals surface area contributed by atoms with Crippen LogP contribution in [-0.2, 0) is 4.79 Å². The van der Waals surface area contributed by atoms with Gasteiger partial charge in [0.1, 0.15) is 5.02 Å². The lowest BCUT2D eigenvalue weighted by atomic mass is 10.1. The zero-order chi connectivity index (χ0) is 18.8. The second-order valence-corrected chi connectivity index (χ2v) is 7.28. The zero-order valence-electron chi connectivity index (χ0n) is 15.0. The van der Waals surface area contributed by atoms with Crippen LogP contribution in [0.3, 0.4) is 0 Å². The molecule has 1 aromatic carbocycles. The van der Waals surface area contributed by atoms with Crippen LogP contribution in [0.4, 0.5) is 5.69 Å². The fraction of sp³-hybridized carbons (Fsp3) is 0.421. The molecule has 2 aliphatic rings. The van der Waals surface area contributed by atoms with Crippen molar-refractivity contribution in [3.8, 4) is 5.69 Å². The molecule has 8 heteroatoms. The molecule has 4 rings (SSSR count). The molecule has 0 bridgehead atoms. The second-order valence-electron chi connectivity index (χ2n) is 6.90. The topological polar surface area (TPSA) is 70.5 Å². The normalized spacial score (nSPS) is 20.1. The van der Waals surface area contributed by atoms with Gasteiger partial charge in [-0.3, -0.25) is 9.59 Å². The molecule has 0 saturated carbocycles. The second kappa shape index (κ2) is 7.70. The summed E-state index contributed by atoms with van der Waals surface area (Å²) in [5.41, 5.74) is 0.968. The highest BCUT2D eigenvalue weighted by Crippen LogP contribution is 2.24. The fourth-order valence-electron chi connectivity index (χ4n) is 3.69. The number of nitrogens with one attached hydrogen (secondary N) is 1. The average molecular weight is 388 g/mol. The van der Waals surface area contributed by atoms with Gasteiger partial charge in [0.15, 0.2) is 0 Å². The van der Waals surface area contributed by atoms with Gasteiger partial charge in [0.25, 0.3) is 5.56 Å². The van der Waals surface area contributed by atoms with E-state index in [-0.39, 0.29) is 22.4 Å². The van der Waals surface area contributed by atoms with Gasteiger partial charge in [-0.1, -0.05) is 29.8 Å². The van der Waals surface area contributed by atoms with E-state index in [4.69, 9.17) is 11.6 Å². The zero-order valence-corrected chi connectivity index (χ0v) is 15.7. The number of para-hydroxylation sites is 1. The number of rotatable bonds is 3. The van der Waals surface area contributed by atoms with Crippen LogP contribution in [-0.4, -0.2) is 59.9 Å². The summed E-state index contributed by atoms with van der Waals surface area (Å²) in [4.78, 5) is 29.1. The molecule has 0 radical (unpaired) electrons. The van der Waals surface area contributed by atoms with Crippen LogP contribution in [0.5, 0.6) is 0 Å². The number of piperazine rings is 1. The molecule has 0 aliphatic carbocycles. The molecule has 27 heavy (non-hydrogen) atoms. The molecule has 2 aliphatic heterocycles. The van der Waals surface area contributed by atoms with Crippen molar-refractivity contribution in [1.29, 1.82) is 0 Å². The minimum absolute atomic E-state index is 0.0941. The first-order valence-corrected chi connectivity index (χ1v) is 9.60. The Bertz CT molecular complexity index is 871. The quantitative estimate of drug-likeness (QED) is 0.855. The van der Waals surface area contributed by atoms with Gasteiger partial charge in [0.05, 0.1) is 23.5 Å². The van der Waals surface area contributed by atoms with Crippen molar-refractivity contribution in [3.05, 3.63) is 51.9 Å². The van der Waals surface area contributed by atoms with Gasteiger partial charge in [-0.25, -0.2) is 0 Å². The predicted octanol–water partition coefficient (Wildman–Crippen LogP) is 1.14. The fourth-order valence-corrected chi connectivity index (χ4v) is 3.94. The Morgan fingerprint density at radius 2 is 1.89 bits per heavy atom. The first kappa shape index (κ1) is 18.0. The lowest BCUT2D eigenvalue weighted by Crippen LogP contribution is -2.51. The minimum Gasteiger partial charge on any atom is -0.365 e. The maximum Gasteiger partial charge on any atom is 0.292 e. The summed E-state index contributed by atoms with van der Waals surface area (Å²) in [5.74, 6) is 0.319. The highest BCUT2D eigenvalue weighted by Gasteiger charge is 2.30. The molecule has 1 atom stereocenters. The summed E-state index contributed by atoms with van der Waals surface area (Å²) in [6.07, 6.45) is 2.54. The summed E-state index contributed by atoms with van der Waals surface area (Å²) in [6.45, 7) is 4.23. The Balaban J connectivity index is 1.48. The number of nitrogens with zero attached hydrogens (tertiary/aromatic N) is 4. The number of amides is 1. The number of anilines is 1. The molecule has 1 unspecified atom stereocenters. The van der Waals surface area contributed by atoms with E-state index in [0.29, 0.717) is 37.6 Å². The van der Waals surface area contributed by atoms with Gasteiger partial charge in [0, 0.05) is 32.7 Å². The first-order chi connectivity index (χ1) is 13.1. The van der Waals surface area contributed by atoms with Crippen LogP contribution in [0, 0.1) is 5.92 Å². The summed E-state index contributed by atoms with van der Waals surface area (Å²) >= 11 is 6.38. The van der Waals surface area contributed by atoms with Crippen LogP contribution in [0.25, 0.3) is 5.69 Å². The van der Waals surface area contributed by atoms with E-state index in [1.54, 1.807) is 6.20 Å². The van der Waals surface area contributed by atoms with Crippen LogP contribution in [0.1, 0.15) is 6.42 Å². The van der Waals surface area contributed by atoms with Gasteiger partial charge in [-0.15, -0.1) is 0 Å². The SMILES string of the molecule is O=C(C1CCNC1)N1CCN(c2cnn(-c3ccccc3)c(=O)c2Cl)CC1. The van der Waals surface area contributed by atoms with Crippen molar-refractivity contribution in [1.82, 2.24) is 20.0 Å². The van der Waals surface area contributed by atoms with Gasteiger partial charge >= 0.3 is 0 Å². The third kappa shape index (κ3) is 3.57. The molecule has 1 amide bonds. The average Bonchev–Trinajstić information content (AvgIpc) is 3.25. The van der Waals surface area contributed by atoms with Gasteiger partial charge in [0.2, 0.25) is 5.91 Å². The van der Waals surface area contributed by atoms with Crippen molar-refractivity contribution < 1.29 is 4.79 Å². The summed E-state index contributed by atoms with van der Waals surface area (Å²) in [7, 11) is 0. The Hall–Kier alpha value is -2.38. The maximum atomic E-state index is 12.6. The number of hydrogen-bond donors (Lipinski definition) is 1. The first-order valence-electron chi connectivity index (χ1n) is 9.23.